The van der Waals surface area contributed by atoms with Crippen molar-refractivity contribution in [1.82, 2.24) is 10.3 Å². The summed E-state index contributed by atoms with van der Waals surface area (Å²) >= 11 is 1.70. The van der Waals surface area contributed by atoms with Gasteiger partial charge in [0.25, 0.3) is 0 Å². The van der Waals surface area contributed by atoms with Crippen LogP contribution in [0, 0.1) is 0 Å². The van der Waals surface area contributed by atoms with E-state index in [1.165, 1.54) is 17.8 Å². The van der Waals surface area contributed by atoms with Gasteiger partial charge < -0.3 is 5.32 Å². The second kappa shape index (κ2) is 6.01. The van der Waals surface area contributed by atoms with E-state index < -0.39 is 0 Å². The molecule has 0 unspecified atom stereocenters. The van der Waals surface area contributed by atoms with Crippen LogP contribution in [0.1, 0.15) is 35.0 Å². The van der Waals surface area contributed by atoms with Crippen molar-refractivity contribution >= 4 is 23.3 Å². The van der Waals surface area contributed by atoms with Gasteiger partial charge >= 0.3 is 0 Å². The van der Waals surface area contributed by atoms with Gasteiger partial charge in [-0.1, -0.05) is 30.3 Å². The Balaban J connectivity index is 1.50. The molecule has 1 aromatic heterocycles. The van der Waals surface area contributed by atoms with E-state index in [2.05, 4.69) is 10.3 Å². The van der Waals surface area contributed by atoms with Gasteiger partial charge in [0, 0.05) is 17.4 Å². The Morgan fingerprint density at radius 3 is 2.90 bits per heavy atom. The first-order chi connectivity index (χ1) is 9.81. The number of thiazole rings is 1. The summed E-state index contributed by atoms with van der Waals surface area (Å²) in [4.78, 5) is 16.3. The Morgan fingerprint density at radius 1 is 1.35 bits per heavy atom. The predicted octanol–water partition coefficient (Wildman–Crippen LogP) is 3.35. The molecule has 0 atom stereocenters. The molecule has 1 fully saturated rings. The van der Waals surface area contributed by atoms with E-state index in [1.54, 1.807) is 17.4 Å². The molecular formula is C16H16N2OS. The predicted molar refractivity (Wildman–Crippen MR) is 81.4 cm³/mol. The molecule has 2 aromatic rings. The second-order valence-electron chi connectivity index (χ2n) is 4.91. The average Bonchev–Trinajstić information content (AvgIpc) is 3.23. The molecule has 1 saturated carbocycles. The number of aromatic nitrogens is 1. The zero-order chi connectivity index (χ0) is 13.8. The highest BCUT2D eigenvalue weighted by molar-refractivity contribution is 7.09. The highest BCUT2D eigenvalue weighted by Gasteiger charge is 2.26. The fourth-order valence-corrected chi connectivity index (χ4v) is 2.89. The highest BCUT2D eigenvalue weighted by Crippen LogP contribution is 2.41. The van der Waals surface area contributed by atoms with Crippen molar-refractivity contribution in [2.45, 2.75) is 25.3 Å². The summed E-state index contributed by atoms with van der Waals surface area (Å²) in [6.07, 6.45) is 5.90. The quantitative estimate of drug-likeness (QED) is 0.856. The number of rotatable bonds is 5. The summed E-state index contributed by atoms with van der Waals surface area (Å²) < 4.78 is 0. The fraction of sp³-hybridized carbons (Fsp3) is 0.250. The van der Waals surface area contributed by atoms with Crippen molar-refractivity contribution in [2.75, 3.05) is 0 Å². The molecule has 1 aromatic carbocycles. The molecule has 1 aliphatic rings. The third kappa shape index (κ3) is 3.54. The topological polar surface area (TPSA) is 42.0 Å². The van der Waals surface area contributed by atoms with Gasteiger partial charge in [-0.3, -0.25) is 4.79 Å². The molecule has 102 valence electrons. The number of hydrogen-bond donors (Lipinski definition) is 1. The van der Waals surface area contributed by atoms with E-state index in [4.69, 9.17) is 0 Å². The van der Waals surface area contributed by atoms with Gasteiger partial charge in [0.2, 0.25) is 5.91 Å². The van der Waals surface area contributed by atoms with E-state index in [0.29, 0.717) is 12.5 Å². The summed E-state index contributed by atoms with van der Waals surface area (Å²) in [5.41, 5.74) is 1.98. The van der Waals surface area contributed by atoms with Gasteiger partial charge in [0.05, 0.1) is 17.2 Å². The van der Waals surface area contributed by atoms with Gasteiger partial charge in [0.15, 0.2) is 0 Å². The monoisotopic (exact) mass is 284 g/mol. The van der Waals surface area contributed by atoms with Crippen LogP contribution in [0.5, 0.6) is 0 Å². The Morgan fingerprint density at radius 2 is 2.15 bits per heavy atom. The molecule has 4 heteroatoms. The number of benzene rings is 1. The first-order valence-corrected chi connectivity index (χ1v) is 7.64. The lowest BCUT2D eigenvalue weighted by Gasteiger charge is -1.98. The Kier molecular flexibility index (Phi) is 3.92. The molecule has 1 aliphatic carbocycles. The smallest absolute Gasteiger partial charge is 0.244 e. The molecule has 3 nitrogen and oxygen atoms in total. The number of carbonyl (C=O) groups is 1. The van der Waals surface area contributed by atoms with E-state index >= 15 is 0 Å². The van der Waals surface area contributed by atoms with Crippen molar-refractivity contribution in [3.05, 3.63) is 58.1 Å². The summed E-state index contributed by atoms with van der Waals surface area (Å²) in [7, 11) is 0. The maximum absolute atomic E-state index is 11.7. The zero-order valence-corrected chi connectivity index (χ0v) is 11.9. The zero-order valence-electron chi connectivity index (χ0n) is 11.1. The fourth-order valence-electron chi connectivity index (χ4n) is 1.89. The average molecular weight is 284 g/mol. The summed E-state index contributed by atoms with van der Waals surface area (Å²) in [5, 5.41) is 6.11. The molecular weight excluding hydrogens is 268 g/mol. The summed E-state index contributed by atoms with van der Waals surface area (Å²) in [5.74, 6) is 0.595. The first-order valence-electron chi connectivity index (χ1n) is 6.76. The van der Waals surface area contributed by atoms with Crippen molar-refractivity contribution in [3.8, 4) is 0 Å². The van der Waals surface area contributed by atoms with Crippen molar-refractivity contribution in [2.24, 2.45) is 0 Å². The van der Waals surface area contributed by atoms with Crippen molar-refractivity contribution in [3.63, 3.8) is 0 Å². The molecule has 1 amide bonds. The van der Waals surface area contributed by atoms with Crippen LogP contribution >= 0.6 is 11.3 Å². The minimum atomic E-state index is -0.0881. The Bertz CT molecular complexity index is 614. The highest BCUT2D eigenvalue weighted by atomic mass is 32.1. The number of nitrogens with one attached hydrogen (secondary N) is 1. The maximum atomic E-state index is 11.7. The van der Waals surface area contributed by atoms with E-state index in [9.17, 15) is 4.79 Å². The van der Waals surface area contributed by atoms with Gasteiger partial charge in [0.1, 0.15) is 0 Å². The summed E-state index contributed by atoms with van der Waals surface area (Å²) in [6, 6.07) is 9.79. The van der Waals surface area contributed by atoms with Crippen LogP contribution in [-0.4, -0.2) is 10.9 Å². The third-order valence-electron chi connectivity index (χ3n) is 3.17. The minimum absolute atomic E-state index is 0.0881. The molecule has 3 rings (SSSR count). The van der Waals surface area contributed by atoms with Gasteiger partial charge in [-0.2, -0.15) is 0 Å². The van der Waals surface area contributed by atoms with Crippen LogP contribution in [0.3, 0.4) is 0 Å². The molecule has 0 aliphatic heterocycles. The lowest BCUT2D eigenvalue weighted by molar-refractivity contribution is -0.116. The summed E-state index contributed by atoms with van der Waals surface area (Å²) in [6.45, 7) is 0.501. The van der Waals surface area contributed by atoms with Gasteiger partial charge in [-0.25, -0.2) is 4.98 Å². The largest absolute Gasteiger partial charge is 0.347 e. The van der Waals surface area contributed by atoms with Crippen LogP contribution in [0.4, 0.5) is 0 Å². The number of hydrogen-bond acceptors (Lipinski definition) is 3. The third-order valence-corrected chi connectivity index (χ3v) is 4.22. The molecule has 0 saturated heterocycles. The molecule has 1 N–H and O–H groups in total. The number of amides is 1. The van der Waals surface area contributed by atoms with Gasteiger partial charge in [-0.05, 0) is 24.5 Å². The first kappa shape index (κ1) is 13.1. The SMILES string of the molecule is O=C(/C=C/c1ccccc1)NCc1csc(C2CC2)n1. The minimum Gasteiger partial charge on any atom is -0.347 e. The van der Waals surface area contributed by atoms with Crippen LogP contribution in [-0.2, 0) is 11.3 Å². The number of carbonyl (C=O) groups excluding carboxylic acids is 1. The van der Waals surface area contributed by atoms with E-state index in [1.807, 2.05) is 41.8 Å². The lowest BCUT2D eigenvalue weighted by Crippen LogP contribution is -2.20. The maximum Gasteiger partial charge on any atom is 0.244 e. The second-order valence-corrected chi connectivity index (χ2v) is 5.80. The Labute approximate surface area is 122 Å². The van der Waals surface area contributed by atoms with Crippen LogP contribution in [0.2, 0.25) is 0 Å². The normalized spacial score (nSPS) is 14.6. The van der Waals surface area contributed by atoms with Crippen LogP contribution < -0.4 is 5.32 Å². The molecule has 0 radical (unpaired) electrons. The Hall–Kier alpha value is -1.94. The van der Waals surface area contributed by atoms with Crippen LogP contribution in [0.25, 0.3) is 6.08 Å². The standard InChI is InChI=1S/C16H16N2OS/c19-15(9-6-12-4-2-1-3-5-12)17-10-14-11-20-16(18-14)13-7-8-13/h1-6,9,11,13H,7-8,10H2,(H,17,19)/b9-6+. The van der Waals surface area contributed by atoms with Gasteiger partial charge in [-0.15, -0.1) is 11.3 Å². The van der Waals surface area contributed by atoms with E-state index in [0.717, 1.165) is 11.3 Å². The molecule has 0 bridgehead atoms. The molecule has 0 spiro atoms. The number of nitrogens with zero attached hydrogens (tertiary/aromatic N) is 1. The van der Waals surface area contributed by atoms with Crippen molar-refractivity contribution in [1.29, 1.82) is 0 Å². The molecule has 1 heterocycles. The van der Waals surface area contributed by atoms with Crippen LogP contribution in [0.15, 0.2) is 41.8 Å². The van der Waals surface area contributed by atoms with E-state index in [-0.39, 0.29) is 5.91 Å². The van der Waals surface area contributed by atoms with Crippen molar-refractivity contribution < 1.29 is 4.79 Å². The molecule has 20 heavy (non-hydrogen) atoms. The lowest BCUT2D eigenvalue weighted by atomic mass is 10.2.